The van der Waals surface area contributed by atoms with Gasteiger partial charge in [-0.05, 0) is 19.1 Å². The Morgan fingerprint density at radius 1 is 1.40 bits per heavy atom. The average molecular weight is 273 g/mol. The van der Waals surface area contributed by atoms with E-state index < -0.39 is 0 Å². The van der Waals surface area contributed by atoms with Crippen LogP contribution in [0.25, 0.3) is 0 Å². The first-order valence-corrected chi connectivity index (χ1v) is 5.76. The number of nitrogens with zero attached hydrogens (tertiary/aromatic N) is 1. The molecule has 1 aliphatic rings. The van der Waals surface area contributed by atoms with Crippen LogP contribution in [0, 0.1) is 0 Å². The maximum Gasteiger partial charge on any atom is 0.0588 e. The predicted molar refractivity (Wildman–Crippen MR) is 56.7 cm³/mol. The van der Waals surface area contributed by atoms with Crippen LogP contribution in [0.1, 0.15) is 26.7 Å². The van der Waals surface area contributed by atoms with Gasteiger partial charge < -0.3 is 0 Å². The predicted octanol–water partition coefficient (Wildman–Crippen LogP) is 3.61. The molecule has 3 heteroatoms. The van der Waals surface area contributed by atoms with Crippen LogP contribution in [0.4, 0.5) is 0 Å². The second-order valence-corrected chi connectivity index (χ2v) is 3.96. The van der Waals surface area contributed by atoms with Crippen molar-refractivity contribution in [1.29, 1.82) is 0 Å². The van der Waals surface area contributed by atoms with Gasteiger partial charge in [-0.2, -0.15) is 0 Å². The molecule has 0 aromatic rings. The molecule has 10 heavy (non-hydrogen) atoms. The lowest BCUT2D eigenvalue weighted by molar-refractivity contribution is 0.952. The first kappa shape index (κ1) is 13.2. The van der Waals surface area contributed by atoms with Gasteiger partial charge in [0.1, 0.15) is 0 Å². The van der Waals surface area contributed by atoms with Crippen LogP contribution in [0.2, 0.25) is 0 Å². The fourth-order valence-electron chi connectivity index (χ4n) is 0.456. The number of alkyl halides is 2. The summed E-state index contributed by atoms with van der Waals surface area (Å²) in [5.41, 5.74) is 0. The van der Waals surface area contributed by atoms with E-state index in [0.29, 0.717) is 0 Å². The molecule has 0 saturated heterocycles. The Kier molecular flexibility index (Phi) is 21.6. The van der Waals surface area contributed by atoms with Gasteiger partial charge in [0, 0.05) is 6.54 Å². The fraction of sp³-hybridized carbons (Fsp3) is 0.857. The molecule has 0 aromatic carbocycles. The quantitative estimate of drug-likeness (QED) is 0.598. The van der Waals surface area contributed by atoms with Gasteiger partial charge in [-0.25, -0.2) is 0 Å². The number of halogens is 2. The van der Waals surface area contributed by atoms with Crippen LogP contribution in [0.15, 0.2) is 4.99 Å². The van der Waals surface area contributed by atoms with Gasteiger partial charge in [0.05, 0.1) is 4.24 Å². The Morgan fingerprint density at radius 3 is 2.00 bits per heavy atom. The molecule has 0 spiro atoms. The van der Waals surface area contributed by atoms with Crippen LogP contribution in [0.5, 0.6) is 0 Å². The van der Waals surface area contributed by atoms with Gasteiger partial charge in [0.2, 0.25) is 0 Å². The molecule has 1 aliphatic heterocycles. The van der Waals surface area contributed by atoms with Gasteiger partial charge >= 0.3 is 0 Å². The van der Waals surface area contributed by atoms with Crippen molar-refractivity contribution in [3.8, 4) is 0 Å². The number of aliphatic imine (C=N–C) groups is 1. The minimum absolute atomic E-state index is 0.875. The summed E-state index contributed by atoms with van der Waals surface area (Å²) in [5.74, 6) is 0. The van der Waals surface area contributed by atoms with Crippen LogP contribution >= 0.6 is 31.9 Å². The third kappa shape index (κ3) is 15.9. The average Bonchev–Trinajstić information content (AvgIpc) is 2.48. The van der Waals surface area contributed by atoms with Crippen molar-refractivity contribution >= 4 is 38.1 Å². The van der Waals surface area contributed by atoms with E-state index >= 15 is 0 Å². The highest BCUT2D eigenvalue weighted by Crippen LogP contribution is 1.92. The highest BCUT2D eigenvalue weighted by Gasteiger charge is 1.85. The maximum atomic E-state index is 3.96. The Hall–Kier alpha value is 0.630. The van der Waals surface area contributed by atoms with E-state index in [1.54, 1.807) is 0 Å². The lowest BCUT2D eigenvalue weighted by Gasteiger charge is -1.67. The van der Waals surface area contributed by atoms with Gasteiger partial charge in [0.15, 0.2) is 0 Å². The molecule has 0 bridgehead atoms. The summed E-state index contributed by atoms with van der Waals surface area (Å²) in [6, 6.07) is 0. The van der Waals surface area contributed by atoms with Crippen LogP contribution in [-0.2, 0) is 0 Å². The first-order chi connectivity index (χ1) is 4.91. The number of hydrogen-bond donors (Lipinski definition) is 0. The Bertz CT molecular complexity index is 58.6. The minimum atomic E-state index is 0.875. The topological polar surface area (TPSA) is 12.4 Å². The van der Waals surface area contributed by atoms with Crippen molar-refractivity contribution in [2.24, 2.45) is 4.99 Å². The van der Waals surface area contributed by atoms with E-state index in [9.17, 15) is 0 Å². The Balaban J connectivity index is 0. The molecular weight excluding hydrogens is 258 g/mol. The van der Waals surface area contributed by atoms with Crippen molar-refractivity contribution in [2.45, 2.75) is 26.7 Å². The third-order valence-electron chi connectivity index (χ3n) is 0.750. The highest BCUT2D eigenvalue weighted by atomic mass is 79.9. The molecule has 0 radical (unpaired) electrons. The van der Waals surface area contributed by atoms with Crippen LogP contribution in [-0.4, -0.2) is 17.0 Å². The van der Waals surface area contributed by atoms with Gasteiger partial charge in [-0.3, -0.25) is 4.99 Å². The zero-order valence-electron chi connectivity index (χ0n) is 6.61. The van der Waals surface area contributed by atoms with Crippen LogP contribution in [0.3, 0.4) is 0 Å². The molecule has 0 atom stereocenters. The largest absolute Gasteiger partial charge is 0.298 e. The summed E-state index contributed by atoms with van der Waals surface area (Å²) in [4.78, 5) is 3.96. The maximum absolute atomic E-state index is 3.96. The van der Waals surface area contributed by atoms with Gasteiger partial charge in [0.25, 0.3) is 0 Å². The summed E-state index contributed by atoms with van der Waals surface area (Å²) >= 11 is 6.12. The van der Waals surface area contributed by atoms with E-state index in [1.165, 1.54) is 12.8 Å². The number of hydrogen-bond acceptors (Lipinski definition) is 1. The van der Waals surface area contributed by atoms with Crippen molar-refractivity contribution < 1.29 is 0 Å². The molecule has 0 unspecified atom stereocenters. The summed E-state index contributed by atoms with van der Waals surface area (Å²) in [5, 5.41) is 0. The SMILES string of the molecule is BrCBr.C1=NCCC1.CC. The molecule has 1 nitrogen and oxygen atoms in total. The standard InChI is InChI=1S/C4H7N.C2H6.CH2Br2/c1-2-4-5-3-1;1-2;2-1-3/h3H,1-2,4H2;1-2H3;1H2. The zero-order valence-corrected chi connectivity index (χ0v) is 9.78. The summed E-state index contributed by atoms with van der Waals surface area (Å²) < 4.78 is 0.875. The zero-order chi connectivity index (χ0) is 8.24. The molecule has 0 saturated carbocycles. The smallest absolute Gasteiger partial charge is 0.0588 e. The summed E-state index contributed by atoms with van der Waals surface area (Å²) in [7, 11) is 0. The second-order valence-electron chi connectivity index (χ2n) is 1.33. The van der Waals surface area contributed by atoms with E-state index in [4.69, 9.17) is 0 Å². The van der Waals surface area contributed by atoms with Gasteiger partial charge in [-0.1, -0.05) is 45.7 Å². The molecule has 0 fully saturated rings. The first-order valence-electron chi connectivity index (χ1n) is 3.52. The molecule has 0 aliphatic carbocycles. The summed E-state index contributed by atoms with van der Waals surface area (Å²) in [6.45, 7) is 5.07. The van der Waals surface area contributed by atoms with Crippen molar-refractivity contribution in [3.63, 3.8) is 0 Å². The van der Waals surface area contributed by atoms with Gasteiger partial charge in [-0.15, -0.1) is 0 Å². The summed E-state index contributed by atoms with van der Waals surface area (Å²) in [6.07, 6.45) is 4.47. The molecule has 0 amide bonds. The van der Waals surface area contributed by atoms with E-state index in [-0.39, 0.29) is 0 Å². The van der Waals surface area contributed by atoms with E-state index in [0.717, 1.165) is 10.8 Å². The third-order valence-corrected chi connectivity index (χ3v) is 0.750. The highest BCUT2D eigenvalue weighted by molar-refractivity contribution is 9.24. The lowest BCUT2D eigenvalue weighted by Crippen LogP contribution is -1.62. The van der Waals surface area contributed by atoms with Crippen molar-refractivity contribution in [1.82, 2.24) is 0 Å². The molecule has 0 aromatic heterocycles. The molecule has 62 valence electrons. The monoisotopic (exact) mass is 271 g/mol. The van der Waals surface area contributed by atoms with Crippen molar-refractivity contribution in [2.75, 3.05) is 10.8 Å². The molecule has 1 rings (SSSR count). The second kappa shape index (κ2) is 16.3. The lowest BCUT2D eigenvalue weighted by atomic mass is 10.4. The molecular formula is C7H15Br2N. The van der Waals surface area contributed by atoms with Crippen LogP contribution < -0.4 is 0 Å². The van der Waals surface area contributed by atoms with Crippen molar-refractivity contribution in [3.05, 3.63) is 0 Å². The number of rotatable bonds is 0. The molecule has 0 N–H and O–H groups in total. The minimum Gasteiger partial charge on any atom is -0.298 e. The normalized spacial score (nSPS) is 12.8. The Morgan fingerprint density at radius 2 is 1.90 bits per heavy atom. The van der Waals surface area contributed by atoms with E-state index in [2.05, 4.69) is 36.9 Å². The Labute approximate surface area is 80.6 Å². The molecule has 1 heterocycles. The fourth-order valence-corrected chi connectivity index (χ4v) is 0.456. The van der Waals surface area contributed by atoms with E-state index in [1.807, 2.05) is 20.1 Å².